The SMILES string of the molecule is CCO[C@@H]1C[C@@H]1C(=O)O[C@@H]1CCCC[C@H]1CC. The summed E-state index contributed by atoms with van der Waals surface area (Å²) in [6.07, 6.45) is 7.05. The van der Waals surface area contributed by atoms with E-state index in [1.54, 1.807) is 0 Å². The molecule has 98 valence electrons. The van der Waals surface area contributed by atoms with Crippen molar-refractivity contribution in [2.75, 3.05) is 6.61 Å². The molecule has 0 amide bonds. The highest BCUT2D eigenvalue weighted by atomic mass is 16.6. The Labute approximate surface area is 104 Å². The molecular formula is C14H24O3. The number of esters is 1. The zero-order valence-corrected chi connectivity index (χ0v) is 11.0. The van der Waals surface area contributed by atoms with Crippen molar-refractivity contribution >= 4 is 5.97 Å². The Morgan fingerprint density at radius 3 is 2.65 bits per heavy atom. The van der Waals surface area contributed by atoms with E-state index in [0.717, 1.165) is 19.3 Å². The fraction of sp³-hybridized carbons (Fsp3) is 0.929. The van der Waals surface area contributed by atoms with Gasteiger partial charge in [0.2, 0.25) is 0 Å². The molecule has 4 atom stereocenters. The second-order valence-corrected chi connectivity index (χ2v) is 5.26. The Kier molecular flexibility index (Phi) is 4.43. The molecule has 0 aromatic heterocycles. The lowest BCUT2D eigenvalue weighted by Gasteiger charge is -2.30. The normalized spacial score (nSPS) is 36.6. The molecule has 3 heteroatoms. The second-order valence-electron chi connectivity index (χ2n) is 5.26. The van der Waals surface area contributed by atoms with Gasteiger partial charge in [-0.3, -0.25) is 4.79 Å². The highest BCUT2D eigenvalue weighted by Crippen LogP contribution is 2.37. The minimum atomic E-state index is -0.0196. The van der Waals surface area contributed by atoms with Gasteiger partial charge in [-0.15, -0.1) is 0 Å². The number of carbonyl (C=O) groups is 1. The first-order chi connectivity index (χ1) is 8.26. The molecule has 2 rings (SSSR count). The summed E-state index contributed by atoms with van der Waals surface area (Å²) >= 11 is 0. The van der Waals surface area contributed by atoms with E-state index in [9.17, 15) is 4.79 Å². The van der Waals surface area contributed by atoms with Crippen LogP contribution in [0.4, 0.5) is 0 Å². The molecule has 0 heterocycles. The highest BCUT2D eigenvalue weighted by Gasteiger charge is 2.46. The van der Waals surface area contributed by atoms with E-state index in [4.69, 9.17) is 9.47 Å². The molecule has 0 radical (unpaired) electrons. The highest BCUT2D eigenvalue weighted by molar-refractivity contribution is 5.76. The average Bonchev–Trinajstić information content (AvgIpc) is 3.10. The standard InChI is InChI=1S/C14H24O3/c1-3-10-7-5-6-8-12(10)17-14(15)11-9-13(11)16-4-2/h10-13H,3-9H2,1-2H3/t10-,11+,12-,13-/m1/s1. The van der Waals surface area contributed by atoms with Crippen LogP contribution in [-0.4, -0.2) is 24.8 Å². The van der Waals surface area contributed by atoms with Crippen molar-refractivity contribution < 1.29 is 14.3 Å². The Balaban J connectivity index is 1.78. The molecule has 17 heavy (non-hydrogen) atoms. The van der Waals surface area contributed by atoms with Crippen LogP contribution in [0, 0.1) is 11.8 Å². The number of carbonyl (C=O) groups excluding carboxylic acids is 1. The zero-order chi connectivity index (χ0) is 12.3. The molecule has 0 unspecified atom stereocenters. The van der Waals surface area contributed by atoms with Crippen LogP contribution in [0.3, 0.4) is 0 Å². The van der Waals surface area contributed by atoms with Gasteiger partial charge in [-0.05, 0) is 44.9 Å². The lowest BCUT2D eigenvalue weighted by atomic mass is 9.85. The second kappa shape index (κ2) is 5.85. The van der Waals surface area contributed by atoms with Gasteiger partial charge in [0, 0.05) is 6.61 Å². The van der Waals surface area contributed by atoms with Crippen LogP contribution in [0.1, 0.15) is 52.4 Å². The minimum Gasteiger partial charge on any atom is -0.462 e. The molecule has 0 aliphatic heterocycles. The summed E-state index contributed by atoms with van der Waals surface area (Å²) in [7, 11) is 0. The first-order valence-electron chi connectivity index (χ1n) is 7.08. The Morgan fingerprint density at radius 2 is 1.94 bits per heavy atom. The monoisotopic (exact) mass is 240 g/mol. The Bertz CT molecular complexity index is 264. The maximum Gasteiger partial charge on any atom is 0.311 e. The predicted octanol–water partition coefficient (Wildman–Crippen LogP) is 2.92. The molecule has 2 aliphatic rings. The summed E-state index contributed by atoms with van der Waals surface area (Å²) in [5, 5.41) is 0. The Hall–Kier alpha value is -0.570. The summed E-state index contributed by atoms with van der Waals surface area (Å²) in [6, 6.07) is 0. The minimum absolute atomic E-state index is 0.0196. The summed E-state index contributed by atoms with van der Waals surface area (Å²) in [6.45, 7) is 4.85. The van der Waals surface area contributed by atoms with Crippen LogP contribution in [0.25, 0.3) is 0 Å². The third-order valence-corrected chi connectivity index (χ3v) is 4.05. The molecule has 0 spiro atoms. The molecule has 0 aromatic rings. The van der Waals surface area contributed by atoms with Crippen LogP contribution < -0.4 is 0 Å². The third-order valence-electron chi connectivity index (χ3n) is 4.05. The number of rotatable bonds is 5. The van der Waals surface area contributed by atoms with Crippen LogP contribution in [0.5, 0.6) is 0 Å². The van der Waals surface area contributed by atoms with Crippen molar-refractivity contribution in [3.63, 3.8) is 0 Å². The molecule has 2 saturated carbocycles. The van der Waals surface area contributed by atoms with E-state index < -0.39 is 0 Å². The smallest absolute Gasteiger partial charge is 0.311 e. The fourth-order valence-electron chi connectivity index (χ4n) is 2.85. The molecule has 0 saturated heterocycles. The molecule has 3 nitrogen and oxygen atoms in total. The van der Waals surface area contributed by atoms with Gasteiger partial charge < -0.3 is 9.47 Å². The molecular weight excluding hydrogens is 216 g/mol. The Morgan fingerprint density at radius 1 is 1.18 bits per heavy atom. The zero-order valence-electron chi connectivity index (χ0n) is 11.0. The van der Waals surface area contributed by atoms with Gasteiger partial charge in [0.15, 0.2) is 0 Å². The van der Waals surface area contributed by atoms with E-state index in [1.807, 2.05) is 6.92 Å². The third kappa shape index (κ3) is 3.21. The molecule has 0 aromatic carbocycles. The largest absolute Gasteiger partial charge is 0.462 e. The van der Waals surface area contributed by atoms with Gasteiger partial charge in [-0.1, -0.05) is 13.3 Å². The first-order valence-corrected chi connectivity index (χ1v) is 7.08. The first kappa shape index (κ1) is 12.9. The van der Waals surface area contributed by atoms with Gasteiger partial charge >= 0.3 is 5.97 Å². The lowest BCUT2D eigenvalue weighted by Crippen LogP contribution is -2.30. The topological polar surface area (TPSA) is 35.5 Å². The van der Waals surface area contributed by atoms with E-state index >= 15 is 0 Å². The summed E-state index contributed by atoms with van der Waals surface area (Å²) < 4.78 is 11.1. The van der Waals surface area contributed by atoms with Crippen molar-refractivity contribution in [3.8, 4) is 0 Å². The van der Waals surface area contributed by atoms with E-state index in [0.29, 0.717) is 12.5 Å². The van der Waals surface area contributed by atoms with E-state index in [-0.39, 0.29) is 24.1 Å². The predicted molar refractivity (Wildman–Crippen MR) is 65.7 cm³/mol. The number of ether oxygens (including phenoxy) is 2. The average molecular weight is 240 g/mol. The molecule has 0 N–H and O–H groups in total. The van der Waals surface area contributed by atoms with Crippen LogP contribution in [0.15, 0.2) is 0 Å². The lowest BCUT2D eigenvalue weighted by molar-refractivity contribution is -0.156. The van der Waals surface area contributed by atoms with Crippen molar-refractivity contribution in [2.24, 2.45) is 11.8 Å². The van der Waals surface area contributed by atoms with Crippen LogP contribution in [-0.2, 0) is 14.3 Å². The quantitative estimate of drug-likeness (QED) is 0.693. The van der Waals surface area contributed by atoms with Gasteiger partial charge in [0.05, 0.1) is 12.0 Å². The van der Waals surface area contributed by atoms with E-state index in [1.165, 1.54) is 19.3 Å². The molecule has 0 bridgehead atoms. The maximum absolute atomic E-state index is 11.9. The van der Waals surface area contributed by atoms with Crippen LogP contribution >= 0.6 is 0 Å². The summed E-state index contributed by atoms with van der Waals surface area (Å²) in [5.41, 5.74) is 0. The number of hydrogen-bond acceptors (Lipinski definition) is 3. The van der Waals surface area contributed by atoms with Crippen molar-refractivity contribution in [1.29, 1.82) is 0 Å². The maximum atomic E-state index is 11.9. The van der Waals surface area contributed by atoms with Gasteiger partial charge in [0.1, 0.15) is 6.10 Å². The van der Waals surface area contributed by atoms with Gasteiger partial charge in [-0.25, -0.2) is 0 Å². The van der Waals surface area contributed by atoms with Crippen molar-refractivity contribution in [2.45, 2.75) is 64.6 Å². The molecule has 2 fully saturated rings. The van der Waals surface area contributed by atoms with Gasteiger partial charge in [-0.2, -0.15) is 0 Å². The summed E-state index contributed by atoms with van der Waals surface area (Å²) in [4.78, 5) is 11.9. The number of hydrogen-bond donors (Lipinski definition) is 0. The van der Waals surface area contributed by atoms with Crippen LogP contribution in [0.2, 0.25) is 0 Å². The van der Waals surface area contributed by atoms with Crippen molar-refractivity contribution in [1.82, 2.24) is 0 Å². The van der Waals surface area contributed by atoms with Gasteiger partial charge in [0.25, 0.3) is 0 Å². The summed E-state index contributed by atoms with van der Waals surface area (Å²) in [5.74, 6) is 0.583. The van der Waals surface area contributed by atoms with E-state index in [2.05, 4.69) is 6.92 Å². The van der Waals surface area contributed by atoms with Crippen molar-refractivity contribution in [3.05, 3.63) is 0 Å². The fourth-order valence-corrected chi connectivity index (χ4v) is 2.85. The molecule has 2 aliphatic carbocycles.